The van der Waals surface area contributed by atoms with E-state index in [1.807, 2.05) is 11.6 Å². The van der Waals surface area contributed by atoms with Gasteiger partial charge in [0.1, 0.15) is 23.0 Å². The molecule has 3 nitrogen and oxygen atoms in total. The van der Waals surface area contributed by atoms with Crippen LogP contribution in [0.5, 0.6) is 5.75 Å². The van der Waals surface area contributed by atoms with Gasteiger partial charge in [0.25, 0.3) is 0 Å². The van der Waals surface area contributed by atoms with Gasteiger partial charge >= 0.3 is 0 Å². The van der Waals surface area contributed by atoms with E-state index in [0.717, 1.165) is 30.0 Å². The van der Waals surface area contributed by atoms with E-state index in [9.17, 15) is 0 Å². The summed E-state index contributed by atoms with van der Waals surface area (Å²) in [5.74, 6) is 0.952. The van der Waals surface area contributed by atoms with Crippen LogP contribution in [0.1, 0.15) is 34.5 Å². The van der Waals surface area contributed by atoms with E-state index in [1.165, 1.54) is 27.5 Å². The van der Waals surface area contributed by atoms with Gasteiger partial charge in [-0.3, -0.25) is 0 Å². The van der Waals surface area contributed by atoms with Crippen molar-refractivity contribution in [2.75, 3.05) is 7.11 Å². The molecule has 1 heterocycles. The van der Waals surface area contributed by atoms with Crippen molar-refractivity contribution in [3.05, 3.63) is 93.9 Å². The zero-order valence-corrected chi connectivity index (χ0v) is 17.2. The number of fused-ring (bicyclic) bond motifs is 2. The molecule has 1 aliphatic carbocycles. The minimum absolute atomic E-state index is 0.468. The summed E-state index contributed by atoms with van der Waals surface area (Å²) in [6.45, 7) is 0.554. The molecule has 0 saturated carbocycles. The van der Waals surface area contributed by atoms with Gasteiger partial charge in [0, 0.05) is 24.3 Å². The number of thiazole rings is 1. The van der Waals surface area contributed by atoms with Crippen molar-refractivity contribution in [3.8, 4) is 5.75 Å². The van der Waals surface area contributed by atoms with E-state index in [2.05, 4.69) is 65.6 Å². The van der Waals surface area contributed by atoms with Crippen LogP contribution in [0.15, 0.2) is 72.2 Å². The largest absolute Gasteiger partial charge is 0.489 e. The summed E-state index contributed by atoms with van der Waals surface area (Å²) < 4.78 is 12.4. The highest BCUT2D eigenvalue weighted by Gasteiger charge is 2.41. The standard InChI is InChI=1S/C25H23NO2S/c1-27-25(24-26-14-15-29-24)13-5-8-21-22(25)9-4-10-23(21)28-17-18-11-12-19-6-2-3-7-20(19)16-18/h2-4,6-7,9-12,14-16H,5,8,13,17H2,1H3. The van der Waals surface area contributed by atoms with Crippen LogP contribution in [0.25, 0.3) is 10.8 Å². The molecule has 0 fully saturated rings. The summed E-state index contributed by atoms with van der Waals surface area (Å²) in [7, 11) is 1.79. The van der Waals surface area contributed by atoms with Crippen molar-refractivity contribution in [2.24, 2.45) is 0 Å². The molecule has 1 unspecified atom stereocenters. The predicted molar refractivity (Wildman–Crippen MR) is 118 cm³/mol. The SMILES string of the molecule is COC1(c2nccs2)CCCc2c(OCc3ccc4ccccc4c3)cccc21. The summed E-state index contributed by atoms with van der Waals surface area (Å²) in [5.41, 5.74) is 3.15. The smallest absolute Gasteiger partial charge is 0.144 e. The molecule has 0 aliphatic heterocycles. The van der Waals surface area contributed by atoms with Crippen LogP contribution in [0.3, 0.4) is 0 Å². The normalized spacial score (nSPS) is 18.5. The fourth-order valence-corrected chi connectivity index (χ4v) is 5.28. The molecule has 0 amide bonds. The molecule has 0 N–H and O–H groups in total. The molecule has 5 rings (SSSR count). The first-order chi connectivity index (χ1) is 14.3. The zero-order chi connectivity index (χ0) is 19.7. The summed E-state index contributed by atoms with van der Waals surface area (Å²) in [5, 5.41) is 5.53. The molecule has 1 aromatic heterocycles. The molecule has 0 saturated heterocycles. The Hall–Kier alpha value is -2.69. The molecule has 4 aromatic rings. The zero-order valence-electron chi connectivity index (χ0n) is 16.4. The minimum Gasteiger partial charge on any atom is -0.489 e. The Morgan fingerprint density at radius 1 is 1.03 bits per heavy atom. The second kappa shape index (κ2) is 7.62. The fraction of sp³-hybridized carbons (Fsp3) is 0.240. The Morgan fingerprint density at radius 2 is 1.93 bits per heavy atom. The number of ether oxygens (including phenoxy) is 2. The maximum Gasteiger partial charge on any atom is 0.144 e. The van der Waals surface area contributed by atoms with Crippen LogP contribution >= 0.6 is 11.3 Å². The molecular weight excluding hydrogens is 378 g/mol. The maximum atomic E-state index is 6.32. The summed E-state index contributed by atoms with van der Waals surface area (Å²) in [4.78, 5) is 4.59. The lowest BCUT2D eigenvalue weighted by Crippen LogP contribution is -2.34. The second-order valence-electron chi connectivity index (χ2n) is 7.47. The van der Waals surface area contributed by atoms with Crippen LogP contribution in [0.2, 0.25) is 0 Å². The molecule has 3 aromatic carbocycles. The Bertz CT molecular complexity index is 1140. The molecule has 1 aliphatic rings. The first-order valence-electron chi connectivity index (χ1n) is 9.98. The quantitative estimate of drug-likeness (QED) is 0.405. The van der Waals surface area contributed by atoms with Crippen molar-refractivity contribution in [3.63, 3.8) is 0 Å². The number of hydrogen-bond acceptors (Lipinski definition) is 4. The van der Waals surface area contributed by atoms with E-state index in [4.69, 9.17) is 9.47 Å². The van der Waals surface area contributed by atoms with Crippen molar-refractivity contribution in [2.45, 2.75) is 31.5 Å². The van der Waals surface area contributed by atoms with Gasteiger partial charge in [-0.25, -0.2) is 4.98 Å². The van der Waals surface area contributed by atoms with E-state index < -0.39 is 5.60 Å². The number of nitrogens with zero attached hydrogens (tertiary/aromatic N) is 1. The number of rotatable bonds is 5. The lowest BCUT2D eigenvalue weighted by molar-refractivity contribution is 0.00668. The van der Waals surface area contributed by atoms with Crippen LogP contribution in [0.4, 0.5) is 0 Å². The van der Waals surface area contributed by atoms with Gasteiger partial charge in [-0.1, -0.05) is 48.5 Å². The molecule has 1 atom stereocenters. The number of aromatic nitrogens is 1. The molecule has 146 valence electrons. The lowest BCUT2D eigenvalue weighted by atomic mass is 9.79. The summed E-state index contributed by atoms with van der Waals surface area (Å²) in [6.07, 6.45) is 4.85. The molecule has 0 bridgehead atoms. The van der Waals surface area contributed by atoms with Crippen molar-refractivity contribution < 1.29 is 9.47 Å². The highest BCUT2D eigenvalue weighted by Crippen LogP contribution is 2.46. The van der Waals surface area contributed by atoms with Gasteiger partial charge in [0.05, 0.1) is 0 Å². The lowest BCUT2D eigenvalue weighted by Gasteiger charge is -2.37. The van der Waals surface area contributed by atoms with E-state index in [1.54, 1.807) is 18.4 Å². The number of hydrogen-bond donors (Lipinski definition) is 0. The van der Waals surface area contributed by atoms with Crippen molar-refractivity contribution in [1.29, 1.82) is 0 Å². The monoisotopic (exact) mass is 401 g/mol. The van der Waals surface area contributed by atoms with E-state index in [-0.39, 0.29) is 0 Å². The Kier molecular flexibility index (Phi) is 4.82. The average Bonchev–Trinajstić information content (AvgIpc) is 3.32. The molecule has 4 heteroatoms. The fourth-order valence-electron chi connectivity index (χ4n) is 4.42. The number of methoxy groups -OCH3 is 1. The third-order valence-electron chi connectivity index (χ3n) is 5.86. The molecule has 0 spiro atoms. The van der Waals surface area contributed by atoms with Crippen LogP contribution in [0, 0.1) is 0 Å². The van der Waals surface area contributed by atoms with Crippen LogP contribution in [-0.4, -0.2) is 12.1 Å². The summed E-state index contributed by atoms with van der Waals surface area (Å²) >= 11 is 1.66. The first-order valence-corrected chi connectivity index (χ1v) is 10.9. The van der Waals surface area contributed by atoms with E-state index in [0.29, 0.717) is 6.61 Å². The highest BCUT2D eigenvalue weighted by atomic mass is 32.1. The van der Waals surface area contributed by atoms with Gasteiger partial charge in [0.2, 0.25) is 0 Å². The van der Waals surface area contributed by atoms with Crippen molar-refractivity contribution >= 4 is 22.1 Å². The van der Waals surface area contributed by atoms with Crippen molar-refractivity contribution in [1.82, 2.24) is 4.98 Å². The molecule has 29 heavy (non-hydrogen) atoms. The third kappa shape index (κ3) is 3.22. The van der Waals surface area contributed by atoms with E-state index >= 15 is 0 Å². The number of benzene rings is 3. The second-order valence-corrected chi connectivity index (χ2v) is 8.37. The third-order valence-corrected chi connectivity index (χ3v) is 6.77. The average molecular weight is 402 g/mol. The van der Waals surface area contributed by atoms with Gasteiger partial charge in [-0.2, -0.15) is 0 Å². The first kappa shape index (κ1) is 18.3. The summed E-state index contributed by atoms with van der Waals surface area (Å²) in [6, 6.07) is 21.2. The molecule has 0 radical (unpaired) electrons. The van der Waals surface area contributed by atoms with Crippen LogP contribution in [-0.2, 0) is 23.4 Å². The highest BCUT2D eigenvalue weighted by molar-refractivity contribution is 7.09. The minimum atomic E-state index is -0.468. The Morgan fingerprint density at radius 3 is 2.76 bits per heavy atom. The predicted octanol–water partition coefficient (Wildman–Crippen LogP) is 6.10. The topological polar surface area (TPSA) is 31.4 Å². The van der Waals surface area contributed by atoms with Gasteiger partial charge in [0.15, 0.2) is 0 Å². The van der Waals surface area contributed by atoms with Crippen LogP contribution < -0.4 is 4.74 Å². The van der Waals surface area contributed by atoms with Gasteiger partial charge in [-0.05, 0) is 53.3 Å². The maximum absolute atomic E-state index is 6.32. The molecular formula is C25H23NO2S. The van der Waals surface area contributed by atoms with Gasteiger partial charge in [-0.15, -0.1) is 11.3 Å². The van der Waals surface area contributed by atoms with Gasteiger partial charge < -0.3 is 9.47 Å². The Labute approximate surface area is 174 Å². The Balaban J connectivity index is 1.47.